The maximum absolute atomic E-state index is 5.63. The second kappa shape index (κ2) is 5.37. The van der Waals surface area contributed by atoms with Crippen molar-refractivity contribution in [3.63, 3.8) is 0 Å². The van der Waals surface area contributed by atoms with Crippen LogP contribution in [0.3, 0.4) is 0 Å². The van der Waals surface area contributed by atoms with Crippen molar-refractivity contribution in [3.8, 4) is 0 Å². The van der Waals surface area contributed by atoms with Crippen LogP contribution in [0.5, 0.6) is 0 Å². The molecule has 1 heterocycles. The van der Waals surface area contributed by atoms with E-state index in [4.69, 9.17) is 9.57 Å². The first-order valence-corrected chi connectivity index (χ1v) is 4.81. The fourth-order valence-electron chi connectivity index (χ4n) is 1.55. The molecule has 0 aromatic heterocycles. The third-order valence-electron chi connectivity index (χ3n) is 2.31. The summed E-state index contributed by atoms with van der Waals surface area (Å²) in [7, 11) is 1.72. The van der Waals surface area contributed by atoms with E-state index in [-0.39, 0.29) is 6.10 Å². The largest absolute Gasteiger partial charge is 0.385 e. The molecule has 2 atom stereocenters. The molecule has 1 saturated heterocycles. The van der Waals surface area contributed by atoms with Gasteiger partial charge in [-0.1, -0.05) is 13.0 Å². The predicted octanol–water partition coefficient (Wildman–Crippen LogP) is 1.46. The molecule has 0 bridgehead atoms. The zero-order chi connectivity index (χ0) is 9.68. The van der Waals surface area contributed by atoms with Crippen molar-refractivity contribution >= 4 is 0 Å². The van der Waals surface area contributed by atoms with E-state index >= 15 is 0 Å². The van der Waals surface area contributed by atoms with Gasteiger partial charge in [0.2, 0.25) is 0 Å². The highest BCUT2D eigenvalue weighted by Gasteiger charge is 2.27. The number of hydrogen-bond acceptors (Lipinski definition) is 3. The van der Waals surface area contributed by atoms with Gasteiger partial charge in [0.25, 0.3) is 0 Å². The van der Waals surface area contributed by atoms with Crippen molar-refractivity contribution in [2.45, 2.75) is 19.4 Å². The fourth-order valence-corrected chi connectivity index (χ4v) is 1.55. The van der Waals surface area contributed by atoms with Crippen LogP contribution in [0.25, 0.3) is 0 Å². The van der Waals surface area contributed by atoms with Gasteiger partial charge in [-0.05, 0) is 6.42 Å². The van der Waals surface area contributed by atoms with Crippen LogP contribution in [0.4, 0.5) is 0 Å². The Morgan fingerprint density at radius 2 is 2.46 bits per heavy atom. The van der Waals surface area contributed by atoms with Gasteiger partial charge in [-0.2, -0.15) is 5.06 Å². The van der Waals surface area contributed by atoms with Crippen molar-refractivity contribution < 1.29 is 9.57 Å². The van der Waals surface area contributed by atoms with Gasteiger partial charge in [-0.15, -0.1) is 6.58 Å². The predicted molar refractivity (Wildman–Crippen MR) is 52.3 cm³/mol. The van der Waals surface area contributed by atoms with Gasteiger partial charge >= 0.3 is 0 Å². The number of ether oxygens (including phenoxy) is 1. The molecule has 1 rings (SSSR count). The summed E-state index contributed by atoms with van der Waals surface area (Å²) in [6.07, 6.45) is 3.09. The molecule has 13 heavy (non-hydrogen) atoms. The number of rotatable bonds is 5. The molecule has 1 fully saturated rings. The molecule has 0 amide bonds. The third-order valence-corrected chi connectivity index (χ3v) is 2.31. The van der Waals surface area contributed by atoms with E-state index in [1.54, 1.807) is 7.11 Å². The van der Waals surface area contributed by atoms with E-state index in [0.717, 1.165) is 26.1 Å². The minimum Gasteiger partial charge on any atom is -0.385 e. The third kappa shape index (κ3) is 3.10. The van der Waals surface area contributed by atoms with E-state index in [2.05, 4.69) is 13.5 Å². The normalized spacial score (nSPS) is 29.4. The Bertz CT molecular complexity index is 161. The molecular weight excluding hydrogens is 166 g/mol. The van der Waals surface area contributed by atoms with Gasteiger partial charge in [0.15, 0.2) is 0 Å². The molecule has 0 aromatic rings. The molecular formula is C10H19NO2. The highest BCUT2D eigenvalue weighted by molar-refractivity contribution is 4.88. The summed E-state index contributed by atoms with van der Waals surface area (Å²) < 4.78 is 4.98. The molecule has 0 N–H and O–H groups in total. The average molecular weight is 185 g/mol. The lowest BCUT2D eigenvalue weighted by Gasteiger charge is -2.13. The first-order chi connectivity index (χ1) is 6.27. The van der Waals surface area contributed by atoms with Crippen LogP contribution in [-0.2, 0) is 9.57 Å². The van der Waals surface area contributed by atoms with Crippen molar-refractivity contribution in [1.29, 1.82) is 0 Å². The lowest BCUT2D eigenvalue weighted by Crippen LogP contribution is -2.21. The van der Waals surface area contributed by atoms with Crippen LogP contribution >= 0.6 is 0 Å². The average Bonchev–Trinajstić information content (AvgIpc) is 2.47. The SMILES string of the molecule is C=C[C@@H]1ON(CCCOC)C[C@H]1C. The minimum absolute atomic E-state index is 0.197. The molecule has 0 spiro atoms. The standard InChI is InChI=1S/C10H19NO2/c1-4-10-9(2)8-11(13-10)6-5-7-12-3/h4,9-10H,1,5-8H2,2-3H3/t9-,10+/m1/s1. The van der Waals surface area contributed by atoms with Crippen molar-refractivity contribution in [1.82, 2.24) is 5.06 Å². The minimum atomic E-state index is 0.197. The highest BCUT2D eigenvalue weighted by Crippen LogP contribution is 2.20. The Labute approximate surface area is 80.3 Å². The maximum Gasteiger partial charge on any atom is 0.101 e. The number of methoxy groups -OCH3 is 1. The second-order valence-electron chi connectivity index (χ2n) is 3.52. The summed E-state index contributed by atoms with van der Waals surface area (Å²) in [4.78, 5) is 5.63. The quantitative estimate of drug-likeness (QED) is 0.478. The van der Waals surface area contributed by atoms with Crippen LogP contribution in [0.15, 0.2) is 12.7 Å². The molecule has 0 aliphatic carbocycles. The highest BCUT2D eigenvalue weighted by atomic mass is 16.7. The Morgan fingerprint density at radius 1 is 1.69 bits per heavy atom. The Kier molecular flexibility index (Phi) is 4.42. The number of hydroxylamine groups is 2. The molecule has 1 aliphatic heterocycles. The van der Waals surface area contributed by atoms with E-state index in [9.17, 15) is 0 Å². The van der Waals surface area contributed by atoms with Crippen molar-refractivity contribution in [3.05, 3.63) is 12.7 Å². The van der Waals surface area contributed by atoms with Gasteiger partial charge in [0, 0.05) is 32.7 Å². The topological polar surface area (TPSA) is 21.7 Å². The van der Waals surface area contributed by atoms with E-state index < -0.39 is 0 Å². The fraction of sp³-hybridized carbons (Fsp3) is 0.800. The first-order valence-electron chi connectivity index (χ1n) is 4.81. The van der Waals surface area contributed by atoms with E-state index in [1.165, 1.54) is 0 Å². The Hall–Kier alpha value is -0.380. The zero-order valence-electron chi connectivity index (χ0n) is 8.53. The van der Waals surface area contributed by atoms with Crippen LogP contribution in [0, 0.1) is 5.92 Å². The summed E-state index contributed by atoms with van der Waals surface area (Å²) in [6, 6.07) is 0. The first kappa shape index (κ1) is 10.7. The number of nitrogens with zero attached hydrogens (tertiary/aromatic N) is 1. The van der Waals surface area contributed by atoms with E-state index in [1.807, 2.05) is 11.1 Å². The maximum atomic E-state index is 5.63. The van der Waals surface area contributed by atoms with Crippen LogP contribution < -0.4 is 0 Å². The lowest BCUT2D eigenvalue weighted by molar-refractivity contribution is -0.134. The summed E-state index contributed by atoms with van der Waals surface area (Å²) in [5, 5.41) is 2.01. The van der Waals surface area contributed by atoms with Gasteiger partial charge in [0.05, 0.1) is 0 Å². The van der Waals surface area contributed by atoms with Crippen molar-refractivity contribution in [2.75, 3.05) is 26.8 Å². The summed E-state index contributed by atoms with van der Waals surface area (Å²) >= 11 is 0. The number of hydrogen-bond donors (Lipinski definition) is 0. The van der Waals surface area contributed by atoms with Crippen molar-refractivity contribution in [2.24, 2.45) is 5.92 Å². The smallest absolute Gasteiger partial charge is 0.101 e. The molecule has 0 radical (unpaired) electrons. The summed E-state index contributed by atoms with van der Waals surface area (Å²) in [5.74, 6) is 0.556. The van der Waals surface area contributed by atoms with Crippen LogP contribution in [-0.4, -0.2) is 38.0 Å². The monoisotopic (exact) mass is 185 g/mol. The van der Waals surface area contributed by atoms with Gasteiger partial charge in [-0.25, -0.2) is 0 Å². The van der Waals surface area contributed by atoms with Gasteiger partial charge < -0.3 is 4.74 Å². The summed E-state index contributed by atoms with van der Waals surface area (Å²) in [5.41, 5.74) is 0. The molecule has 76 valence electrons. The molecule has 3 heteroatoms. The van der Waals surface area contributed by atoms with Gasteiger partial charge in [-0.3, -0.25) is 4.84 Å². The molecule has 3 nitrogen and oxygen atoms in total. The van der Waals surface area contributed by atoms with Crippen LogP contribution in [0.2, 0.25) is 0 Å². The Balaban J connectivity index is 2.19. The summed E-state index contributed by atoms with van der Waals surface area (Å²) in [6.45, 7) is 8.68. The lowest BCUT2D eigenvalue weighted by atomic mass is 10.1. The van der Waals surface area contributed by atoms with Crippen LogP contribution in [0.1, 0.15) is 13.3 Å². The molecule has 0 aromatic carbocycles. The molecule has 0 unspecified atom stereocenters. The van der Waals surface area contributed by atoms with E-state index in [0.29, 0.717) is 5.92 Å². The zero-order valence-corrected chi connectivity index (χ0v) is 8.53. The van der Waals surface area contributed by atoms with Gasteiger partial charge in [0.1, 0.15) is 6.10 Å². The molecule has 1 aliphatic rings. The Morgan fingerprint density at radius 3 is 3.00 bits per heavy atom. The molecule has 0 saturated carbocycles. The second-order valence-corrected chi connectivity index (χ2v) is 3.52.